The van der Waals surface area contributed by atoms with Gasteiger partial charge in [0.05, 0.1) is 22.7 Å². The van der Waals surface area contributed by atoms with Gasteiger partial charge < -0.3 is 4.57 Å². The number of nitriles is 1. The lowest BCUT2D eigenvalue weighted by molar-refractivity contribution is 1.18. The molecule has 0 fully saturated rings. The van der Waals surface area contributed by atoms with Crippen LogP contribution in [0.4, 0.5) is 0 Å². The molecular weight excluding hydrogens is 498 g/mol. The normalized spacial score (nSPS) is 11.4. The minimum Gasteiger partial charge on any atom is -0.309 e. The molecule has 0 radical (unpaired) electrons. The fourth-order valence-electron chi connectivity index (χ4n) is 6.36. The van der Waals surface area contributed by atoms with Gasteiger partial charge in [-0.2, -0.15) is 5.26 Å². The second-order valence-electron chi connectivity index (χ2n) is 10.3. The summed E-state index contributed by atoms with van der Waals surface area (Å²) in [7, 11) is 0. The van der Waals surface area contributed by atoms with Crippen LogP contribution < -0.4 is 0 Å². The van der Waals surface area contributed by atoms with Gasteiger partial charge in [-0.25, -0.2) is 0 Å². The summed E-state index contributed by atoms with van der Waals surface area (Å²) in [5, 5.41) is 16.8. The first kappa shape index (κ1) is 23.2. The molecule has 3 nitrogen and oxygen atoms in total. The summed E-state index contributed by atoms with van der Waals surface area (Å²) in [4.78, 5) is 4.44. The van der Waals surface area contributed by atoms with Crippen molar-refractivity contribution >= 4 is 43.4 Å². The van der Waals surface area contributed by atoms with E-state index in [2.05, 4.69) is 119 Å². The summed E-state index contributed by atoms with van der Waals surface area (Å²) in [5.74, 6) is 0. The maximum absolute atomic E-state index is 9.67. The maximum Gasteiger partial charge on any atom is 0.0992 e. The number of hydrogen-bond acceptors (Lipinski definition) is 2. The number of benzene rings is 6. The van der Waals surface area contributed by atoms with Crippen molar-refractivity contribution in [3.05, 3.63) is 145 Å². The van der Waals surface area contributed by atoms with Crippen molar-refractivity contribution < 1.29 is 0 Å². The molecule has 2 aromatic heterocycles. The van der Waals surface area contributed by atoms with Gasteiger partial charge in [-0.05, 0) is 74.6 Å². The molecule has 0 aliphatic carbocycles. The highest BCUT2D eigenvalue weighted by atomic mass is 15.0. The highest BCUT2D eigenvalue weighted by molar-refractivity contribution is 6.22. The van der Waals surface area contributed by atoms with Crippen LogP contribution in [0.3, 0.4) is 0 Å². The average Bonchev–Trinajstić information content (AvgIpc) is 3.37. The van der Waals surface area contributed by atoms with E-state index >= 15 is 0 Å². The number of nitrogens with zero attached hydrogens (tertiary/aromatic N) is 3. The quantitative estimate of drug-likeness (QED) is 0.217. The molecule has 3 heteroatoms. The van der Waals surface area contributed by atoms with Gasteiger partial charge in [0, 0.05) is 34.4 Å². The SMILES string of the molecule is N#Cc1ccc2c3ccc(-c4c5ccccc5c(-c5cccnc5)c5ccccc45)cc3n(-c3ccccc3)c2c1. The van der Waals surface area contributed by atoms with E-state index in [0.29, 0.717) is 5.56 Å². The van der Waals surface area contributed by atoms with Gasteiger partial charge in [0.15, 0.2) is 0 Å². The zero-order chi connectivity index (χ0) is 27.3. The van der Waals surface area contributed by atoms with Crippen LogP contribution >= 0.6 is 0 Å². The fraction of sp³-hybridized carbons (Fsp3) is 0. The standard InChI is InChI=1S/C38H23N3/c39-23-25-16-18-29-30-19-17-26(22-36(30)41(35(29)21-25)28-10-2-1-3-11-28)37-31-12-4-6-14-33(31)38(27-9-8-20-40-24-27)34-15-7-5-13-32(34)37/h1-22,24H. The van der Waals surface area contributed by atoms with E-state index in [4.69, 9.17) is 0 Å². The van der Waals surface area contributed by atoms with Crippen LogP contribution in [-0.2, 0) is 0 Å². The molecule has 0 amide bonds. The van der Waals surface area contributed by atoms with Crippen LogP contribution in [0.2, 0.25) is 0 Å². The Labute approximate surface area is 237 Å². The highest BCUT2D eigenvalue weighted by Crippen LogP contribution is 2.44. The second-order valence-corrected chi connectivity index (χ2v) is 10.3. The third-order valence-corrected chi connectivity index (χ3v) is 8.08. The Morgan fingerprint density at radius 1 is 0.512 bits per heavy atom. The van der Waals surface area contributed by atoms with E-state index < -0.39 is 0 Å². The summed E-state index contributed by atoms with van der Waals surface area (Å²) in [5.41, 5.74) is 8.56. The molecule has 0 saturated heterocycles. The fourth-order valence-corrected chi connectivity index (χ4v) is 6.36. The molecule has 8 aromatic rings. The molecule has 0 saturated carbocycles. The van der Waals surface area contributed by atoms with Crippen molar-refractivity contribution in [1.82, 2.24) is 9.55 Å². The predicted octanol–water partition coefficient (Wildman–Crippen LogP) is 9.69. The third-order valence-electron chi connectivity index (χ3n) is 8.08. The lowest BCUT2D eigenvalue weighted by Gasteiger charge is -2.18. The van der Waals surface area contributed by atoms with Crippen molar-refractivity contribution in [3.8, 4) is 34.0 Å². The van der Waals surface area contributed by atoms with E-state index in [-0.39, 0.29) is 0 Å². The maximum atomic E-state index is 9.67. The summed E-state index contributed by atoms with van der Waals surface area (Å²) in [6, 6.07) is 47.0. The van der Waals surface area contributed by atoms with Crippen LogP contribution in [0.15, 0.2) is 140 Å². The van der Waals surface area contributed by atoms with E-state index in [1.54, 1.807) is 0 Å². The minimum atomic E-state index is 0.653. The number of rotatable bonds is 3. The van der Waals surface area contributed by atoms with Crippen molar-refractivity contribution in [2.24, 2.45) is 0 Å². The molecule has 2 heterocycles. The van der Waals surface area contributed by atoms with E-state index in [0.717, 1.165) is 38.6 Å². The van der Waals surface area contributed by atoms with Crippen LogP contribution in [0.1, 0.15) is 5.56 Å². The lowest BCUT2D eigenvalue weighted by Crippen LogP contribution is -1.94. The summed E-state index contributed by atoms with van der Waals surface area (Å²) >= 11 is 0. The third kappa shape index (κ3) is 3.55. The molecule has 6 aromatic carbocycles. The van der Waals surface area contributed by atoms with Crippen LogP contribution in [0.25, 0.3) is 71.3 Å². The molecule has 41 heavy (non-hydrogen) atoms. The second kappa shape index (κ2) is 9.19. The Morgan fingerprint density at radius 3 is 1.71 bits per heavy atom. The Balaban J connectivity index is 1.50. The number of para-hydroxylation sites is 1. The Bertz CT molecular complexity index is 2250. The molecule has 0 bridgehead atoms. The van der Waals surface area contributed by atoms with Gasteiger partial charge in [-0.1, -0.05) is 91.0 Å². The summed E-state index contributed by atoms with van der Waals surface area (Å²) in [6.07, 6.45) is 3.77. The molecule has 0 N–H and O–H groups in total. The average molecular weight is 522 g/mol. The van der Waals surface area contributed by atoms with Crippen molar-refractivity contribution in [2.75, 3.05) is 0 Å². The topological polar surface area (TPSA) is 41.6 Å². The first-order valence-corrected chi connectivity index (χ1v) is 13.7. The van der Waals surface area contributed by atoms with Gasteiger partial charge in [-0.3, -0.25) is 4.98 Å². The predicted molar refractivity (Wildman–Crippen MR) is 169 cm³/mol. The molecule has 0 aliphatic rings. The number of hydrogen-bond donors (Lipinski definition) is 0. The number of pyridine rings is 1. The Hall–Kier alpha value is -5.72. The Kier molecular flexibility index (Phi) is 5.20. The molecule has 0 spiro atoms. The molecular formula is C38H23N3. The summed E-state index contributed by atoms with van der Waals surface area (Å²) in [6.45, 7) is 0. The number of fused-ring (bicyclic) bond motifs is 5. The highest BCUT2D eigenvalue weighted by Gasteiger charge is 2.19. The van der Waals surface area contributed by atoms with E-state index in [1.807, 2.05) is 36.7 Å². The first-order chi connectivity index (χ1) is 20.3. The van der Waals surface area contributed by atoms with E-state index in [1.165, 1.54) is 32.7 Å². The Morgan fingerprint density at radius 2 is 1.10 bits per heavy atom. The van der Waals surface area contributed by atoms with Gasteiger partial charge in [0.1, 0.15) is 0 Å². The molecule has 0 aliphatic heterocycles. The van der Waals surface area contributed by atoms with E-state index in [9.17, 15) is 5.26 Å². The number of aromatic nitrogens is 2. The van der Waals surface area contributed by atoms with Crippen LogP contribution in [-0.4, -0.2) is 9.55 Å². The summed E-state index contributed by atoms with van der Waals surface area (Å²) < 4.78 is 2.28. The van der Waals surface area contributed by atoms with Crippen molar-refractivity contribution in [2.45, 2.75) is 0 Å². The van der Waals surface area contributed by atoms with Crippen LogP contribution in [0.5, 0.6) is 0 Å². The zero-order valence-corrected chi connectivity index (χ0v) is 22.1. The van der Waals surface area contributed by atoms with Crippen molar-refractivity contribution in [1.29, 1.82) is 5.26 Å². The molecule has 190 valence electrons. The zero-order valence-electron chi connectivity index (χ0n) is 22.1. The monoisotopic (exact) mass is 521 g/mol. The van der Waals surface area contributed by atoms with Gasteiger partial charge in [-0.15, -0.1) is 0 Å². The van der Waals surface area contributed by atoms with Crippen LogP contribution in [0, 0.1) is 11.3 Å². The smallest absolute Gasteiger partial charge is 0.0992 e. The molecule has 0 unspecified atom stereocenters. The van der Waals surface area contributed by atoms with Gasteiger partial charge in [0.2, 0.25) is 0 Å². The van der Waals surface area contributed by atoms with Gasteiger partial charge >= 0.3 is 0 Å². The minimum absolute atomic E-state index is 0.653. The van der Waals surface area contributed by atoms with Crippen molar-refractivity contribution in [3.63, 3.8) is 0 Å². The largest absolute Gasteiger partial charge is 0.309 e. The molecule has 0 atom stereocenters. The lowest BCUT2D eigenvalue weighted by atomic mass is 9.86. The van der Waals surface area contributed by atoms with Gasteiger partial charge in [0.25, 0.3) is 0 Å². The molecule has 8 rings (SSSR count). The first-order valence-electron chi connectivity index (χ1n) is 13.7.